The number of rotatable bonds is 4. The Morgan fingerprint density at radius 1 is 0.957 bits per heavy atom. The van der Waals surface area contributed by atoms with E-state index in [0.717, 1.165) is 69.8 Å². The molecule has 14 heteroatoms. The Morgan fingerprint density at radius 3 is 2.21 bits per heavy atom. The van der Waals surface area contributed by atoms with Gasteiger partial charge in [-0.1, -0.05) is 26.0 Å². The molecule has 0 aliphatic carbocycles. The number of nitrogens with zero attached hydrogens (tertiary/aromatic N) is 4. The van der Waals surface area contributed by atoms with E-state index in [1.807, 2.05) is 23.6 Å². The Bertz CT molecular complexity index is 1380. The predicted octanol–water partition coefficient (Wildman–Crippen LogP) is 6.24. The van der Waals surface area contributed by atoms with Crippen LogP contribution in [0.15, 0.2) is 41.4 Å². The Hall–Kier alpha value is -3.39. The van der Waals surface area contributed by atoms with Gasteiger partial charge in [-0.25, -0.2) is 4.99 Å². The molecule has 3 aliphatic rings. The summed E-state index contributed by atoms with van der Waals surface area (Å²) in [5, 5.41) is 0. The zero-order valence-electron chi connectivity index (χ0n) is 27.2. The summed E-state index contributed by atoms with van der Waals surface area (Å²) in [4.78, 5) is 32.7. The van der Waals surface area contributed by atoms with E-state index in [1.165, 1.54) is 6.92 Å². The molecule has 0 saturated carbocycles. The van der Waals surface area contributed by atoms with Crippen LogP contribution in [0.4, 0.5) is 22.0 Å². The van der Waals surface area contributed by atoms with Gasteiger partial charge in [0.1, 0.15) is 6.61 Å². The largest absolute Gasteiger partial charge is 0.485 e. The molecule has 0 aromatic heterocycles. The maximum absolute atomic E-state index is 14.6. The molecule has 0 atom stereocenters. The fraction of sp³-hybridized carbons (Fsp3) is 0.545. The lowest BCUT2D eigenvalue weighted by Gasteiger charge is -2.33. The maximum Gasteiger partial charge on any atom is 0.416 e. The van der Waals surface area contributed by atoms with Crippen LogP contribution in [0, 0.1) is 0 Å². The molecular weight excluding hydrogens is 643 g/mol. The van der Waals surface area contributed by atoms with Crippen molar-refractivity contribution in [2.45, 2.75) is 58.2 Å². The Kier molecular flexibility index (Phi) is 13.9. The van der Waals surface area contributed by atoms with Crippen molar-refractivity contribution in [1.82, 2.24) is 14.7 Å². The number of halogens is 5. The molecule has 2 aromatic carbocycles. The molecule has 0 radical (unpaired) electrons. The molecule has 0 N–H and O–H groups in total. The van der Waals surface area contributed by atoms with E-state index in [9.17, 15) is 31.5 Å². The van der Waals surface area contributed by atoms with E-state index in [4.69, 9.17) is 9.47 Å². The number of hydrogen-bond acceptors (Lipinski definition) is 6. The number of piperazine rings is 1. The number of alkyl halides is 5. The van der Waals surface area contributed by atoms with Crippen molar-refractivity contribution < 1.29 is 41.0 Å². The first-order valence-corrected chi connectivity index (χ1v) is 16.3. The molecule has 2 fully saturated rings. The molecule has 8 nitrogen and oxygen atoms in total. The minimum Gasteiger partial charge on any atom is -0.485 e. The summed E-state index contributed by atoms with van der Waals surface area (Å²) in [6.07, 6.45) is 0.879. The molecule has 260 valence electrons. The molecular formula is C33H43F5N4O4S. The van der Waals surface area contributed by atoms with Gasteiger partial charge in [-0.15, -0.1) is 0 Å². The van der Waals surface area contributed by atoms with Crippen molar-refractivity contribution in [2.24, 2.45) is 4.99 Å². The summed E-state index contributed by atoms with van der Waals surface area (Å²) in [6.45, 7) is 9.70. The predicted molar refractivity (Wildman–Crippen MR) is 174 cm³/mol. The van der Waals surface area contributed by atoms with Crippen LogP contribution in [-0.4, -0.2) is 91.5 Å². The fourth-order valence-corrected chi connectivity index (χ4v) is 5.19. The van der Waals surface area contributed by atoms with Gasteiger partial charge in [0.15, 0.2) is 18.1 Å². The Labute approximate surface area is 278 Å². The summed E-state index contributed by atoms with van der Waals surface area (Å²) in [5.41, 5.74) is -0.988. The molecule has 47 heavy (non-hydrogen) atoms. The summed E-state index contributed by atoms with van der Waals surface area (Å²) in [6, 6.07) is 7.32. The van der Waals surface area contributed by atoms with Crippen molar-refractivity contribution in [1.29, 1.82) is 0 Å². The minimum atomic E-state index is -4.71. The number of carbonyl (C=O) groups is 2. The van der Waals surface area contributed by atoms with Gasteiger partial charge < -0.3 is 19.3 Å². The van der Waals surface area contributed by atoms with Crippen LogP contribution in [0.3, 0.4) is 0 Å². The normalized spacial score (nSPS) is 17.9. The van der Waals surface area contributed by atoms with Crippen molar-refractivity contribution in [3.8, 4) is 11.5 Å². The summed E-state index contributed by atoms with van der Waals surface area (Å²) in [7, 11) is 0. The smallest absolute Gasteiger partial charge is 0.416 e. The van der Waals surface area contributed by atoms with Gasteiger partial charge in [0.05, 0.1) is 18.4 Å². The van der Waals surface area contributed by atoms with E-state index < -0.39 is 29.8 Å². The highest BCUT2D eigenvalue weighted by Gasteiger charge is 2.40. The highest BCUT2D eigenvalue weighted by molar-refractivity contribution is 7.79. The average molecular weight is 687 g/mol. The van der Waals surface area contributed by atoms with Crippen LogP contribution in [0.1, 0.15) is 61.8 Å². The third-order valence-electron chi connectivity index (χ3n) is 7.89. The van der Waals surface area contributed by atoms with Crippen LogP contribution in [0.2, 0.25) is 0 Å². The topological polar surface area (TPSA) is 74.7 Å². The first-order valence-electron chi connectivity index (χ1n) is 15.4. The molecule has 3 aliphatic heterocycles. The van der Waals surface area contributed by atoms with Crippen molar-refractivity contribution in [3.63, 3.8) is 0 Å². The Morgan fingerprint density at radius 2 is 1.62 bits per heavy atom. The summed E-state index contributed by atoms with van der Waals surface area (Å²) in [5.74, 6) is -2.92. The van der Waals surface area contributed by atoms with Gasteiger partial charge in [0, 0.05) is 51.8 Å². The highest BCUT2D eigenvalue weighted by atomic mass is 32.1. The average Bonchev–Trinajstić information content (AvgIpc) is 3.60. The van der Waals surface area contributed by atoms with E-state index in [0.29, 0.717) is 12.6 Å². The monoisotopic (exact) mass is 686 g/mol. The van der Waals surface area contributed by atoms with Gasteiger partial charge >= 0.3 is 12.1 Å². The third kappa shape index (κ3) is 11.1. The summed E-state index contributed by atoms with van der Waals surface area (Å²) < 4.78 is 78.7. The van der Waals surface area contributed by atoms with E-state index in [1.54, 1.807) is 30.8 Å². The van der Waals surface area contributed by atoms with Crippen molar-refractivity contribution in [3.05, 3.63) is 58.7 Å². The molecule has 2 amide bonds. The van der Waals surface area contributed by atoms with Crippen molar-refractivity contribution >= 4 is 30.8 Å². The van der Waals surface area contributed by atoms with Crippen LogP contribution < -0.4 is 9.47 Å². The van der Waals surface area contributed by atoms with Gasteiger partial charge in [0.2, 0.25) is 11.8 Å². The molecule has 0 spiro atoms. The Balaban J connectivity index is 0.000000254. The van der Waals surface area contributed by atoms with Gasteiger partial charge in [-0.3, -0.25) is 14.5 Å². The van der Waals surface area contributed by atoms with E-state index in [-0.39, 0.29) is 41.4 Å². The van der Waals surface area contributed by atoms with Crippen LogP contribution >= 0.6 is 12.6 Å². The summed E-state index contributed by atoms with van der Waals surface area (Å²) >= 11 is 3.53. The van der Waals surface area contributed by atoms with Crippen molar-refractivity contribution in [2.75, 3.05) is 58.7 Å². The maximum atomic E-state index is 14.6. The molecule has 0 bridgehead atoms. The standard InChI is InChI=1S/C19H17F5O2.C13H22N4O2.CH4S/c1-11(2)12-4-6-16-17(7-12)26-10-18(20,21)15-8-14(19(22,23)24)5-3-13(15)9-25-16;1-12(18)14-11-16-8-6-15(7-9-16)10-13(19)17-4-2-3-5-17;1-2/h3-8,11H,9-10H2,1-2H3;11H,2-10H2,1H3;2H,1H3. The fourth-order valence-electron chi connectivity index (χ4n) is 5.19. The van der Waals surface area contributed by atoms with Gasteiger partial charge in [0.25, 0.3) is 0 Å². The molecule has 3 heterocycles. The first-order chi connectivity index (χ1) is 22.2. The van der Waals surface area contributed by atoms with Crippen LogP contribution in [0.5, 0.6) is 11.5 Å². The number of aliphatic imine (C=N–C) groups is 1. The lowest BCUT2D eigenvalue weighted by Crippen LogP contribution is -2.49. The number of benzene rings is 2. The van der Waals surface area contributed by atoms with Crippen LogP contribution in [-0.2, 0) is 28.3 Å². The first kappa shape index (κ1) is 38.1. The molecule has 2 saturated heterocycles. The number of hydrogen-bond donors (Lipinski definition) is 1. The third-order valence-corrected chi connectivity index (χ3v) is 7.89. The SMILES string of the molecule is CC(=O)N=CN1CCN(CC(=O)N2CCCC2)CC1.CC(C)c1ccc2c(c1)OCC(F)(F)c1cc(C(F)(F)F)ccc1CO2.CS. The number of likely N-dealkylation sites (tertiary alicyclic amines) is 1. The minimum absolute atomic E-state index is 0.00705. The number of carbonyl (C=O) groups excluding carboxylic acids is 2. The second-order valence-corrected chi connectivity index (χ2v) is 11.7. The zero-order valence-corrected chi connectivity index (χ0v) is 28.1. The highest BCUT2D eigenvalue weighted by Crippen LogP contribution is 2.40. The molecule has 5 rings (SSSR count). The number of ether oxygens (including phenoxy) is 2. The van der Waals surface area contributed by atoms with Gasteiger partial charge in [-0.2, -0.15) is 34.6 Å². The second-order valence-electron chi connectivity index (χ2n) is 11.7. The molecule has 0 unspecified atom stereocenters. The van der Waals surface area contributed by atoms with E-state index >= 15 is 0 Å². The lowest BCUT2D eigenvalue weighted by molar-refractivity contribution is -0.138. The lowest BCUT2D eigenvalue weighted by atomic mass is 9.99. The molecule has 2 aromatic rings. The van der Waals surface area contributed by atoms with E-state index in [2.05, 4.69) is 22.5 Å². The zero-order chi connectivity index (χ0) is 34.8. The number of amides is 2. The van der Waals surface area contributed by atoms with Crippen LogP contribution in [0.25, 0.3) is 0 Å². The van der Waals surface area contributed by atoms with Gasteiger partial charge in [-0.05, 0) is 60.4 Å². The number of thiol groups is 1. The quantitative estimate of drug-likeness (QED) is 0.178. The second kappa shape index (κ2) is 17.1. The number of fused-ring (bicyclic) bond motifs is 2.